The van der Waals surface area contributed by atoms with E-state index in [1.54, 1.807) is 18.2 Å². The molecule has 82 valence electrons. The summed E-state index contributed by atoms with van der Waals surface area (Å²) in [6.07, 6.45) is -3.16. The van der Waals surface area contributed by atoms with E-state index in [9.17, 15) is 13.2 Å². The normalized spacial score (nSPS) is 12.1. The maximum atomic E-state index is 11.9. The van der Waals surface area contributed by atoms with Gasteiger partial charge in [-0.25, -0.2) is 0 Å². The van der Waals surface area contributed by atoms with Crippen molar-refractivity contribution in [2.24, 2.45) is 0 Å². The van der Waals surface area contributed by atoms with Crippen molar-refractivity contribution in [3.8, 4) is 5.75 Å². The molecule has 0 N–H and O–H groups in total. The first kappa shape index (κ1) is 12.1. The molecule has 0 spiro atoms. The Morgan fingerprint density at radius 1 is 1.33 bits per heavy atom. The zero-order valence-corrected chi connectivity index (χ0v) is 9.39. The fourth-order valence-electron chi connectivity index (χ4n) is 1.06. The van der Waals surface area contributed by atoms with Crippen LogP contribution in [0.3, 0.4) is 0 Å². The van der Waals surface area contributed by atoms with Gasteiger partial charge in [0.1, 0.15) is 5.75 Å². The second kappa shape index (κ2) is 4.70. The third kappa shape index (κ3) is 3.58. The smallest absolute Gasteiger partial charge is 0.409 e. The first-order valence-electron chi connectivity index (χ1n) is 4.02. The van der Waals surface area contributed by atoms with Gasteiger partial charge in [-0.1, -0.05) is 12.1 Å². The quantitative estimate of drug-likeness (QED) is 0.795. The van der Waals surface area contributed by atoms with E-state index in [2.05, 4.69) is 15.9 Å². The number of hydrogen-bond donors (Lipinski definition) is 0. The molecule has 0 radical (unpaired) electrons. The van der Waals surface area contributed by atoms with Gasteiger partial charge < -0.3 is 4.74 Å². The largest absolute Gasteiger partial charge is 0.495 e. The molecule has 0 aliphatic carbocycles. The van der Waals surface area contributed by atoms with Crippen molar-refractivity contribution >= 4 is 22.0 Å². The summed E-state index contributed by atoms with van der Waals surface area (Å²) in [4.78, 5) is 0. The Bertz CT molecular complexity index is 371. The van der Waals surface area contributed by atoms with Gasteiger partial charge in [0.15, 0.2) is 0 Å². The van der Waals surface area contributed by atoms with Gasteiger partial charge >= 0.3 is 6.18 Å². The first-order valence-corrected chi connectivity index (χ1v) is 4.82. The summed E-state index contributed by atoms with van der Waals surface area (Å²) in [6.45, 7) is 0. The lowest BCUT2D eigenvalue weighted by Crippen LogP contribution is -2.00. The minimum atomic E-state index is -4.31. The van der Waals surface area contributed by atoms with Gasteiger partial charge in [0.25, 0.3) is 0 Å². The molecule has 0 saturated carbocycles. The molecule has 1 nitrogen and oxygen atoms in total. The highest BCUT2D eigenvalue weighted by atomic mass is 79.9. The minimum absolute atomic E-state index is 0.178. The first-order chi connectivity index (χ1) is 6.94. The van der Waals surface area contributed by atoms with Crippen LogP contribution in [0.25, 0.3) is 6.08 Å². The maximum Gasteiger partial charge on any atom is 0.409 e. The number of rotatable bonds is 2. The average molecular weight is 281 g/mol. The third-order valence-electron chi connectivity index (χ3n) is 1.65. The Hall–Kier alpha value is -0.970. The van der Waals surface area contributed by atoms with Gasteiger partial charge in [0, 0.05) is 11.6 Å². The van der Waals surface area contributed by atoms with Crippen LogP contribution >= 0.6 is 15.9 Å². The van der Waals surface area contributed by atoms with Crippen LogP contribution < -0.4 is 4.74 Å². The van der Waals surface area contributed by atoms with Crippen molar-refractivity contribution in [2.75, 3.05) is 7.11 Å². The SMILES string of the molecule is COc1c(Br)cccc1/C=C/C(F)(F)F. The molecule has 15 heavy (non-hydrogen) atoms. The van der Waals surface area contributed by atoms with Crippen LogP contribution in [-0.4, -0.2) is 13.3 Å². The summed E-state index contributed by atoms with van der Waals surface area (Å²) in [5, 5.41) is 0. The Morgan fingerprint density at radius 3 is 2.53 bits per heavy atom. The number of ether oxygens (including phenoxy) is 1. The van der Waals surface area contributed by atoms with E-state index >= 15 is 0 Å². The van der Waals surface area contributed by atoms with Gasteiger partial charge in [0.05, 0.1) is 11.6 Å². The van der Waals surface area contributed by atoms with Gasteiger partial charge in [-0.05, 0) is 28.1 Å². The van der Waals surface area contributed by atoms with E-state index < -0.39 is 6.18 Å². The summed E-state index contributed by atoms with van der Waals surface area (Å²) >= 11 is 3.19. The van der Waals surface area contributed by atoms with E-state index in [0.29, 0.717) is 15.8 Å². The summed E-state index contributed by atoms with van der Waals surface area (Å²) in [5.41, 5.74) is 0.379. The molecule has 0 aliphatic heterocycles. The number of benzene rings is 1. The topological polar surface area (TPSA) is 9.23 Å². The summed E-state index contributed by atoms with van der Waals surface area (Å²) in [5.74, 6) is 0.387. The van der Waals surface area contributed by atoms with E-state index in [-0.39, 0.29) is 6.08 Å². The molecule has 1 aromatic carbocycles. The summed E-state index contributed by atoms with van der Waals surface area (Å²) in [7, 11) is 1.41. The van der Waals surface area contributed by atoms with Crippen molar-refractivity contribution in [3.63, 3.8) is 0 Å². The van der Waals surface area contributed by atoms with Gasteiger partial charge in [-0.15, -0.1) is 0 Å². The summed E-state index contributed by atoms with van der Waals surface area (Å²) < 4.78 is 41.4. The van der Waals surface area contributed by atoms with Crippen LogP contribution in [0.5, 0.6) is 5.75 Å². The number of methoxy groups -OCH3 is 1. The second-order valence-corrected chi connectivity index (χ2v) is 3.59. The highest BCUT2D eigenvalue weighted by molar-refractivity contribution is 9.10. The van der Waals surface area contributed by atoms with E-state index in [4.69, 9.17) is 4.74 Å². The van der Waals surface area contributed by atoms with Crippen LogP contribution in [0.4, 0.5) is 13.2 Å². The molecule has 0 bridgehead atoms. The van der Waals surface area contributed by atoms with Gasteiger partial charge in [-0.3, -0.25) is 0 Å². The molecule has 5 heteroatoms. The van der Waals surface area contributed by atoms with Crippen LogP contribution in [0, 0.1) is 0 Å². The van der Waals surface area contributed by atoms with Gasteiger partial charge in [-0.2, -0.15) is 13.2 Å². The van der Waals surface area contributed by atoms with Crippen molar-refractivity contribution in [1.29, 1.82) is 0 Å². The van der Waals surface area contributed by atoms with Crippen LogP contribution in [-0.2, 0) is 0 Å². The van der Waals surface area contributed by atoms with Crippen LogP contribution in [0.2, 0.25) is 0 Å². The molecule has 0 atom stereocenters. The highest BCUT2D eigenvalue weighted by Gasteiger charge is 2.22. The van der Waals surface area contributed by atoms with E-state index in [1.807, 2.05) is 0 Å². The van der Waals surface area contributed by atoms with Crippen LogP contribution in [0.1, 0.15) is 5.56 Å². The van der Waals surface area contributed by atoms with Gasteiger partial charge in [0.2, 0.25) is 0 Å². The Morgan fingerprint density at radius 2 is 2.00 bits per heavy atom. The third-order valence-corrected chi connectivity index (χ3v) is 2.28. The molecule has 0 aliphatic rings. The monoisotopic (exact) mass is 280 g/mol. The Kier molecular flexibility index (Phi) is 3.79. The molecule has 1 rings (SSSR count). The van der Waals surface area contributed by atoms with E-state index in [0.717, 1.165) is 6.08 Å². The standard InChI is InChI=1S/C10H8BrF3O/c1-15-9-7(3-2-4-8(9)11)5-6-10(12,13)14/h2-6H,1H3/b6-5+. The number of hydrogen-bond acceptors (Lipinski definition) is 1. The van der Waals surface area contributed by atoms with Crippen molar-refractivity contribution in [1.82, 2.24) is 0 Å². The Labute approximate surface area is 93.7 Å². The maximum absolute atomic E-state index is 11.9. The van der Waals surface area contributed by atoms with Crippen molar-refractivity contribution in [3.05, 3.63) is 34.3 Å². The molecular weight excluding hydrogens is 273 g/mol. The lowest BCUT2D eigenvalue weighted by atomic mass is 10.2. The predicted octanol–water partition coefficient (Wildman–Crippen LogP) is 4.03. The zero-order chi connectivity index (χ0) is 11.5. The number of allylic oxidation sites excluding steroid dienone is 1. The lowest BCUT2D eigenvalue weighted by Gasteiger charge is -2.07. The Balaban J connectivity index is 3.05. The fourth-order valence-corrected chi connectivity index (χ4v) is 1.60. The number of halogens is 4. The van der Waals surface area contributed by atoms with E-state index in [1.165, 1.54) is 7.11 Å². The molecule has 0 saturated heterocycles. The fraction of sp³-hybridized carbons (Fsp3) is 0.200. The second-order valence-electron chi connectivity index (χ2n) is 2.74. The molecule has 0 amide bonds. The van der Waals surface area contributed by atoms with Crippen LogP contribution in [0.15, 0.2) is 28.7 Å². The minimum Gasteiger partial charge on any atom is -0.495 e. The van der Waals surface area contributed by atoms with Crippen molar-refractivity contribution < 1.29 is 17.9 Å². The summed E-state index contributed by atoms with van der Waals surface area (Å²) in [6, 6.07) is 4.89. The molecule has 0 fully saturated rings. The van der Waals surface area contributed by atoms with Crippen molar-refractivity contribution in [2.45, 2.75) is 6.18 Å². The molecule has 0 unspecified atom stereocenters. The molecule has 1 aromatic rings. The average Bonchev–Trinajstić information content (AvgIpc) is 2.13. The zero-order valence-electron chi connectivity index (χ0n) is 7.81. The molecular formula is C10H8BrF3O. The predicted molar refractivity (Wildman–Crippen MR) is 55.8 cm³/mol. The number of alkyl halides is 3. The molecule has 0 aromatic heterocycles. The lowest BCUT2D eigenvalue weighted by molar-refractivity contribution is -0.0790. The number of para-hydroxylation sites is 1. The highest BCUT2D eigenvalue weighted by Crippen LogP contribution is 2.30. The molecule has 0 heterocycles.